The maximum atomic E-state index is 14.7. The zero-order valence-corrected chi connectivity index (χ0v) is 27.7. The van der Waals surface area contributed by atoms with Gasteiger partial charge in [-0.15, -0.1) is 0 Å². The first-order chi connectivity index (χ1) is 22.1. The summed E-state index contributed by atoms with van der Waals surface area (Å²) in [6.45, 7) is 5.48. The molecule has 0 aliphatic heterocycles. The van der Waals surface area contributed by atoms with Crippen molar-refractivity contribution in [3.63, 3.8) is 0 Å². The van der Waals surface area contributed by atoms with Crippen LogP contribution in [0.2, 0.25) is 0 Å². The quantitative estimate of drug-likeness (QED) is 0.192. The summed E-state index contributed by atoms with van der Waals surface area (Å²) in [5.74, 6) is -0.678. The smallest absolute Gasteiger partial charge is 0.264 e. The van der Waals surface area contributed by atoms with E-state index in [9.17, 15) is 18.0 Å². The van der Waals surface area contributed by atoms with Gasteiger partial charge in [-0.25, -0.2) is 8.42 Å². The molecular weight excluding hydrogens is 595 g/mol. The van der Waals surface area contributed by atoms with E-state index in [0.29, 0.717) is 12.1 Å². The molecule has 1 atom stereocenters. The minimum absolute atomic E-state index is 0.0620. The Morgan fingerprint density at radius 2 is 1.37 bits per heavy atom. The van der Waals surface area contributed by atoms with Crippen LogP contribution >= 0.6 is 0 Å². The van der Waals surface area contributed by atoms with Gasteiger partial charge < -0.3 is 10.2 Å². The van der Waals surface area contributed by atoms with Crippen LogP contribution in [0.25, 0.3) is 0 Å². The molecule has 0 spiro atoms. The summed E-state index contributed by atoms with van der Waals surface area (Å²) in [7, 11) is -4.13. The number of carbonyl (C=O) groups is 2. The van der Waals surface area contributed by atoms with Gasteiger partial charge in [0.2, 0.25) is 11.8 Å². The Morgan fingerprint density at radius 3 is 2.00 bits per heavy atom. The second-order valence-corrected chi connectivity index (χ2v) is 14.2. The van der Waals surface area contributed by atoms with Crippen molar-refractivity contribution < 1.29 is 18.0 Å². The van der Waals surface area contributed by atoms with Gasteiger partial charge in [-0.1, -0.05) is 97.3 Å². The zero-order valence-electron chi connectivity index (χ0n) is 26.9. The lowest BCUT2D eigenvalue weighted by Gasteiger charge is -2.34. The summed E-state index contributed by atoms with van der Waals surface area (Å²) >= 11 is 0. The van der Waals surface area contributed by atoms with E-state index in [4.69, 9.17) is 0 Å². The van der Waals surface area contributed by atoms with E-state index in [0.717, 1.165) is 53.5 Å². The molecule has 4 aromatic rings. The highest BCUT2D eigenvalue weighted by molar-refractivity contribution is 7.92. The van der Waals surface area contributed by atoms with Crippen molar-refractivity contribution in [3.05, 3.63) is 131 Å². The molecule has 1 aliphatic rings. The lowest BCUT2D eigenvalue weighted by atomic mass is 10.0. The number of rotatable bonds is 12. The molecule has 46 heavy (non-hydrogen) atoms. The van der Waals surface area contributed by atoms with Gasteiger partial charge in [-0.2, -0.15) is 0 Å². The van der Waals surface area contributed by atoms with Gasteiger partial charge in [-0.3, -0.25) is 13.9 Å². The fourth-order valence-corrected chi connectivity index (χ4v) is 7.69. The first-order valence-corrected chi connectivity index (χ1v) is 17.4. The number of nitrogens with one attached hydrogen (secondary N) is 1. The minimum Gasteiger partial charge on any atom is -0.352 e. The summed E-state index contributed by atoms with van der Waals surface area (Å²) < 4.78 is 29.6. The highest BCUT2D eigenvalue weighted by Gasteiger charge is 2.35. The summed E-state index contributed by atoms with van der Waals surface area (Å²) in [6.07, 6.45) is 4.23. The van der Waals surface area contributed by atoms with Crippen LogP contribution in [0.15, 0.2) is 108 Å². The number of hydrogen-bond acceptors (Lipinski definition) is 4. The molecule has 5 rings (SSSR count). The highest BCUT2D eigenvalue weighted by Crippen LogP contribution is 2.27. The highest BCUT2D eigenvalue weighted by atomic mass is 32.2. The predicted octanol–water partition coefficient (Wildman–Crippen LogP) is 6.51. The number of benzene rings is 4. The van der Waals surface area contributed by atoms with Gasteiger partial charge >= 0.3 is 0 Å². The average molecular weight is 638 g/mol. The van der Waals surface area contributed by atoms with Gasteiger partial charge in [0, 0.05) is 19.0 Å². The van der Waals surface area contributed by atoms with Crippen LogP contribution in [0.1, 0.15) is 53.5 Å². The van der Waals surface area contributed by atoms with E-state index in [1.54, 1.807) is 35.2 Å². The van der Waals surface area contributed by atoms with Gasteiger partial charge in [0.15, 0.2) is 0 Å². The van der Waals surface area contributed by atoms with Crippen molar-refractivity contribution in [2.24, 2.45) is 0 Å². The van der Waals surface area contributed by atoms with E-state index >= 15 is 0 Å². The predicted molar refractivity (Wildman–Crippen MR) is 183 cm³/mol. The molecule has 1 saturated carbocycles. The van der Waals surface area contributed by atoms with Crippen molar-refractivity contribution >= 4 is 27.5 Å². The maximum Gasteiger partial charge on any atom is 0.264 e. The summed E-state index contributed by atoms with van der Waals surface area (Å²) in [5.41, 5.74) is 4.97. The number of anilines is 1. The number of amides is 2. The fraction of sp³-hybridized carbons (Fsp3) is 0.316. The van der Waals surface area contributed by atoms with Crippen LogP contribution in [0.3, 0.4) is 0 Å². The molecular formula is C38H43N3O4S. The molecule has 1 N–H and O–H groups in total. The van der Waals surface area contributed by atoms with Crippen molar-refractivity contribution in [2.75, 3.05) is 10.8 Å². The maximum absolute atomic E-state index is 14.7. The molecule has 7 nitrogen and oxygen atoms in total. The number of nitrogens with zero attached hydrogens (tertiary/aromatic N) is 2. The Hall–Kier alpha value is -4.43. The molecule has 0 saturated heterocycles. The molecule has 4 aromatic carbocycles. The van der Waals surface area contributed by atoms with Crippen LogP contribution in [-0.2, 0) is 32.6 Å². The normalized spacial score (nSPS) is 14.1. The molecule has 0 unspecified atom stereocenters. The number of aryl methyl sites for hydroxylation is 3. The molecule has 1 fully saturated rings. The van der Waals surface area contributed by atoms with Crippen LogP contribution in [-0.4, -0.2) is 43.8 Å². The molecule has 0 heterocycles. The standard InChI is InChI=1S/C38H43N3O4S/c1-28-13-12-16-32(22-28)26-40(36(25-31-14-6-4-7-15-31)38(43)39-33-17-10-11-18-33)37(42)27-41(34-23-29(2)21-30(3)24-34)46(44,45)35-19-8-5-9-20-35/h4-9,12-16,19-24,33,36H,10-11,17-18,25-27H2,1-3H3,(H,39,43)/t36-/m1/s1. The zero-order chi connectivity index (χ0) is 32.7. The number of carbonyl (C=O) groups excluding carboxylic acids is 2. The van der Waals surface area contributed by atoms with Crippen LogP contribution in [0, 0.1) is 20.8 Å². The fourth-order valence-electron chi connectivity index (χ4n) is 6.27. The average Bonchev–Trinajstić information content (AvgIpc) is 3.55. The van der Waals surface area contributed by atoms with Crippen LogP contribution < -0.4 is 9.62 Å². The minimum atomic E-state index is -4.13. The largest absolute Gasteiger partial charge is 0.352 e. The Balaban J connectivity index is 1.58. The number of sulfonamides is 1. The molecule has 0 radical (unpaired) electrons. The Morgan fingerprint density at radius 1 is 0.761 bits per heavy atom. The lowest BCUT2D eigenvalue weighted by Crippen LogP contribution is -2.54. The van der Waals surface area contributed by atoms with Crippen LogP contribution in [0.5, 0.6) is 0 Å². The van der Waals surface area contributed by atoms with E-state index in [2.05, 4.69) is 5.32 Å². The summed E-state index contributed by atoms with van der Waals surface area (Å²) in [6, 6.07) is 30.4. The Bertz CT molecular complexity index is 1730. The molecule has 8 heteroatoms. The second kappa shape index (κ2) is 14.8. The first-order valence-electron chi connectivity index (χ1n) is 16.0. The van der Waals surface area contributed by atoms with Gasteiger partial charge in [-0.05, 0) is 80.1 Å². The molecule has 1 aliphatic carbocycles. The van der Waals surface area contributed by atoms with E-state index < -0.39 is 28.5 Å². The first kappa shape index (κ1) is 32.9. The van der Waals surface area contributed by atoms with Crippen molar-refractivity contribution in [1.82, 2.24) is 10.2 Å². The molecule has 240 valence electrons. The van der Waals surface area contributed by atoms with Gasteiger partial charge in [0.1, 0.15) is 12.6 Å². The third-order valence-corrected chi connectivity index (χ3v) is 10.3. The second-order valence-electron chi connectivity index (χ2n) is 12.4. The van der Waals surface area contributed by atoms with E-state index in [-0.39, 0.29) is 23.4 Å². The number of hydrogen-bond donors (Lipinski definition) is 1. The SMILES string of the molecule is Cc1cccc(CN(C(=O)CN(c2cc(C)cc(C)c2)S(=O)(=O)c2ccccc2)[C@H](Cc2ccccc2)C(=O)NC2CCCC2)c1. The van der Waals surface area contributed by atoms with Gasteiger partial charge in [0.05, 0.1) is 10.6 Å². The molecule has 2 amide bonds. The molecule has 0 aromatic heterocycles. The Labute approximate surface area is 273 Å². The van der Waals surface area contributed by atoms with Crippen LogP contribution in [0.4, 0.5) is 5.69 Å². The van der Waals surface area contributed by atoms with Crippen molar-refractivity contribution in [3.8, 4) is 0 Å². The van der Waals surface area contributed by atoms with Crippen molar-refractivity contribution in [2.45, 2.75) is 76.4 Å². The van der Waals surface area contributed by atoms with Gasteiger partial charge in [0.25, 0.3) is 10.0 Å². The molecule has 0 bridgehead atoms. The van der Waals surface area contributed by atoms with Crippen molar-refractivity contribution in [1.29, 1.82) is 0 Å². The van der Waals surface area contributed by atoms with E-state index in [1.807, 2.05) is 81.4 Å². The third kappa shape index (κ3) is 8.23. The topological polar surface area (TPSA) is 86.8 Å². The summed E-state index contributed by atoms with van der Waals surface area (Å²) in [5, 5.41) is 3.22. The monoisotopic (exact) mass is 637 g/mol. The summed E-state index contributed by atoms with van der Waals surface area (Å²) in [4.78, 5) is 30.5. The van der Waals surface area contributed by atoms with E-state index in [1.165, 1.54) is 16.4 Å². The Kier molecular flexibility index (Phi) is 10.6. The lowest BCUT2D eigenvalue weighted by molar-refractivity contribution is -0.140. The third-order valence-electron chi connectivity index (χ3n) is 8.51.